The first-order valence-corrected chi connectivity index (χ1v) is 11.3. The maximum atomic E-state index is 13.1. The Labute approximate surface area is 198 Å². The lowest BCUT2D eigenvalue weighted by molar-refractivity contribution is 0.563. The van der Waals surface area contributed by atoms with Crippen LogP contribution in [0.25, 0.3) is 61.0 Å². The van der Waals surface area contributed by atoms with E-state index in [2.05, 4.69) is 8.75 Å². The van der Waals surface area contributed by atoms with E-state index in [1.54, 1.807) is 12.1 Å². The Morgan fingerprint density at radius 3 is 2.70 bits per heavy atom. The number of para-hydroxylation sites is 1. The molecular formula is C23H9Cl2N5O2S. The number of rotatable bonds is 1. The minimum atomic E-state index is -0.561. The van der Waals surface area contributed by atoms with Gasteiger partial charge in [0, 0.05) is 15.8 Å². The van der Waals surface area contributed by atoms with Crippen LogP contribution in [0.3, 0.4) is 0 Å². The average molecular weight is 490 g/mol. The molecule has 3 aromatic carbocycles. The summed E-state index contributed by atoms with van der Waals surface area (Å²) in [5.41, 5.74) is 4.28. The molecule has 0 aliphatic rings. The van der Waals surface area contributed by atoms with Crippen molar-refractivity contribution in [1.82, 2.24) is 23.1 Å². The van der Waals surface area contributed by atoms with Crippen molar-refractivity contribution in [2.24, 2.45) is 0 Å². The summed E-state index contributed by atoms with van der Waals surface area (Å²) in [6, 6.07) is 16.4. The lowest BCUT2D eigenvalue weighted by Crippen LogP contribution is -2.08. The SMILES string of the molecule is O=c1oc2c(Cl)cc(Cl)cc2cc1-c1nc2ccccc2c2nc3c4nsnc4ccc3n12. The molecule has 10 heteroatoms. The van der Waals surface area contributed by atoms with E-state index in [4.69, 9.17) is 37.6 Å². The fraction of sp³-hybridized carbons (Fsp3) is 0. The molecule has 158 valence electrons. The predicted molar refractivity (Wildman–Crippen MR) is 130 cm³/mol. The van der Waals surface area contributed by atoms with E-state index in [-0.39, 0.29) is 16.2 Å². The summed E-state index contributed by atoms with van der Waals surface area (Å²) in [4.78, 5) is 22.9. The van der Waals surface area contributed by atoms with Crippen LogP contribution in [0.15, 0.2) is 63.8 Å². The van der Waals surface area contributed by atoms with Gasteiger partial charge in [-0.2, -0.15) is 8.75 Å². The second-order valence-corrected chi connectivity index (χ2v) is 8.91. The first-order valence-electron chi connectivity index (χ1n) is 9.84. The van der Waals surface area contributed by atoms with Crippen LogP contribution in [-0.4, -0.2) is 23.1 Å². The van der Waals surface area contributed by atoms with Crippen molar-refractivity contribution in [2.75, 3.05) is 0 Å². The number of fused-ring (bicyclic) bond motifs is 8. The molecule has 0 radical (unpaired) electrons. The number of aromatic nitrogens is 5. The molecule has 0 saturated carbocycles. The Morgan fingerprint density at radius 1 is 0.909 bits per heavy atom. The van der Waals surface area contributed by atoms with Crippen LogP contribution in [0.1, 0.15) is 0 Å². The number of benzene rings is 3. The second-order valence-electron chi connectivity index (χ2n) is 7.54. The van der Waals surface area contributed by atoms with Gasteiger partial charge >= 0.3 is 5.63 Å². The Hall–Kier alpha value is -3.59. The molecule has 33 heavy (non-hydrogen) atoms. The first-order chi connectivity index (χ1) is 16.1. The Morgan fingerprint density at radius 2 is 1.79 bits per heavy atom. The van der Waals surface area contributed by atoms with Gasteiger partial charge < -0.3 is 4.42 Å². The van der Waals surface area contributed by atoms with E-state index in [0.717, 1.165) is 28.1 Å². The molecule has 0 atom stereocenters. The Kier molecular flexibility index (Phi) is 3.85. The van der Waals surface area contributed by atoms with Crippen molar-refractivity contribution >= 4 is 84.5 Å². The zero-order valence-corrected chi connectivity index (χ0v) is 18.7. The van der Waals surface area contributed by atoms with Crippen LogP contribution in [0.4, 0.5) is 0 Å². The maximum Gasteiger partial charge on any atom is 0.347 e. The molecule has 7 aromatic rings. The lowest BCUT2D eigenvalue weighted by atomic mass is 10.1. The van der Waals surface area contributed by atoms with Crippen LogP contribution in [0.2, 0.25) is 10.0 Å². The van der Waals surface area contributed by atoms with Gasteiger partial charge in [0.1, 0.15) is 27.8 Å². The van der Waals surface area contributed by atoms with Gasteiger partial charge in [0.05, 0.1) is 27.8 Å². The van der Waals surface area contributed by atoms with Crippen molar-refractivity contribution in [3.63, 3.8) is 0 Å². The summed E-state index contributed by atoms with van der Waals surface area (Å²) in [5.74, 6) is 0.403. The molecule has 0 bridgehead atoms. The number of imidazole rings is 1. The predicted octanol–water partition coefficient (Wildman–Crippen LogP) is 6.12. The second kappa shape index (κ2) is 6.71. The molecule has 7 rings (SSSR count). The standard InChI is InChI=1S/C23H9Cl2N5O2S/c24-11-7-10-8-13(23(31)32-20(10)14(25)9-11)22-26-15-4-2-1-3-12(15)21-27-19-17(30(21)22)6-5-16-18(19)29-33-28-16/h1-9H. The molecule has 0 saturated heterocycles. The molecule has 0 unspecified atom stereocenters. The van der Waals surface area contributed by atoms with E-state index in [1.807, 2.05) is 40.8 Å². The van der Waals surface area contributed by atoms with Crippen molar-refractivity contribution in [3.8, 4) is 11.4 Å². The van der Waals surface area contributed by atoms with Gasteiger partial charge in [0.2, 0.25) is 0 Å². The topological polar surface area (TPSA) is 86.2 Å². The summed E-state index contributed by atoms with van der Waals surface area (Å²) in [5, 5.41) is 2.16. The minimum absolute atomic E-state index is 0.268. The summed E-state index contributed by atoms with van der Waals surface area (Å²) in [7, 11) is 0. The van der Waals surface area contributed by atoms with Crippen molar-refractivity contribution in [2.45, 2.75) is 0 Å². The molecule has 4 aromatic heterocycles. The molecule has 7 nitrogen and oxygen atoms in total. The molecule has 0 fully saturated rings. The summed E-state index contributed by atoms with van der Waals surface area (Å²) in [6.07, 6.45) is 0. The molecule has 0 N–H and O–H groups in total. The Bertz CT molecular complexity index is 1990. The smallest absolute Gasteiger partial charge is 0.347 e. The van der Waals surface area contributed by atoms with Crippen molar-refractivity contribution in [1.29, 1.82) is 0 Å². The van der Waals surface area contributed by atoms with E-state index in [0.29, 0.717) is 38.4 Å². The van der Waals surface area contributed by atoms with Gasteiger partial charge in [0.15, 0.2) is 11.4 Å². The van der Waals surface area contributed by atoms with Crippen LogP contribution in [-0.2, 0) is 0 Å². The highest BCUT2D eigenvalue weighted by Gasteiger charge is 2.21. The highest BCUT2D eigenvalue weighted by Crippen LogP contribution is 2.33. The number of halogens is 2. The van der Waals surface area contributed by atoms with Gasteiger partial charge in [-0.25, -0.2) is 14.8 Å². The van der Waals surface area contributed by atoms with Gasteiger partial charge in [-0.3, -0.25) is 4.40 Å². The van der Waals surface area contributed by atoms with Crippen molar-refractivity contribution < 1.29 is 4.42 Å². The summed E-state index contributed by atoms with van der Waals surface area (Å²) < 4.78 is 16.2. The highest BCUT2D eigenvalue weighted by atomic mass is 35.5. The van der Waals surface area contributed by atoms with Crippen LogP contribution >= 0.6 is 34.9 Å². The van der Waals surface area contributed by atoms with Crippen molar-refractivity contribution in [3.05, 3.63) is 75.1 Å². The third-order valence-electron chi connectivity index (χ3n) is 5.63. The van der Waals surface area contributed by atoms with E-state index < -0.39 is 5.63 Å². The van der Waals surface area contributed by atoms with Gasteiger partial charge in [-0.05, 0) is 42.5 Å². The van der Waals surface area contributed by atoms with Crippen LogP contribution in [0.5, 0.6) is 0 Å². The highest BCUT2D eigenvalue weighted by molar-refractivity contribution is 7.00. The third-order valence-corrected chi connectivity index (χ3v) is 6.67. The van der Waals surface area contributed by atoms with E-state index >= 15 is 0 Å². The Balaban J connectivity index is 1.70. The number of nitrogens with zero attached hydrogens (tertiary/aromatic N) is 5. The largest absolute Gasteiger partial charge is 0.421 e. The van der Waals surface area contributed by atoms with Crippen LogP contribution < -0.4 is 5.63 Å². The minimum Gasteiger partial charge on any atom is -0.421 e. The molecule has 4 heterocycles. The molecule has 0 aliphatic heterocycles. The quantitative estimate of drug-likeness (QED) is 0.258. The molecular weight excluding hydrogens is 481 g/mol. The average Bonchev–Trinajstić information content (AvgIpc) is 3.43. The monoisotopic (exact) mass is 489 g/mol. The number of hydrogen-bond donors (Lipinski definition) is 0. The summed E-state index contributed by atoms with van der Waals surface area (Å²) >= 11 is 13.6. The molecule has 0 amide bonds. The first kappa shape index (κ1) is 18.9. The van der Waals surface area contributed by atoms with Gasteiger partial charge in [0.25, 0.3) is 0 Å². The molecule has 0 spiro atoms. The summed E-state index contributed by atoms with van der Waals surface area (Å²) in [6.45, 7) is 0. The normalized spacial score (nSPS) is 12.1. The van der Waals surface area contributed by atoms with E-state index in [1.165, 1.54) is 6.07 Å². The van der Waals surface area contributed by atoms with Gasteiger partial charge in [-0.1, -0.05) is 35.3 Å². The molecule has 0 aliphatic carbocycles. The fourth-order valence-corrected chi connectivity index (χ4v) is 5.29. The van der Waals surface area contributed by atoms with Crippen LogP contribution in [0, 0.1) is 0 Å². The third kappa shape index (κ3) is 2.65. The fourth-order valence-electron chi connectivity index (χ4n) is 4.20. The lowest BCUT2D eigenvalue weighted by Gasteiger charge is -2.09. The van der Waals surface area contributed by atoms with Gasteiger partial charge in [-0.15, -0.1) is 0 Å². The maximum absolute atomic E-state index is 13.1. The zero-order valence-electron chi connectivity index (χ0n) is 16.4. The number of hydrogen-bond acceptors (Lipinski definition) is 7. The van der Waals surface area contributed by atoms with E-state index in [9.17, 15) is 4.79 Å². The zero-order chi connectivity index (χ0) is 22.3.